The van der Waals surface area contributed by atoms with Crippen molar-refractivity contribution in [3.05, 3.63) is 0 Å². The van der Waals surface area contributed by atoms with E-state index in [4.69, 9.17) is 0 Å². The first-order chi connectivity index (χ1) is 6.61. The van der Waals surface area contributed by atoms with Crippen molar-refractivity contribution >= 4 is 11.8 Å². The molecule has 82 valence electrons. The monoisotopic (exact) mass is 200 g/mol. The summed E-state index contributed by atoms with van der Waals surface area (Å²) in [5.41, 5.74) is 0. The second kappa shape index (κ2) is 7.54. The molecule has 0 spiro atoms. The molecule has 3 nitrogen and oxygen atoms in total. The molecule has 0 aromatic heterocycles. The second-order valence-corrected chi connectivity index (χ2v) is 3.60. The maximum atomic E-state index is 11.5. The molecule has 0 saturated carbocycles. The Morgan fingerprint density at radius 1 is 1.29 bits per heavy atom. The minimum absolute atomic E-state index is 0.170. The van der Waals surface area contributed by atoms with Gasteiger partial charge in [0.15, 0.2) is 0 Å². The van der Waals surface area contributed by atoms with E-state index >= 15 is 0 Å². The summed E-state index contributed by atoms with van der Waals surface area (Å²) in [6.45, 7) is 3.88. The summed E-state index contributed by atoms with van der Waals surface area (Å²) in [5, 5.41) is 0. The molecule has 0 N–H and O–H groups in total. The number of carbonyl (C=O) groups excluding carboxylic acids is 2. The summed E-state index contributed by atoms with van der Waals surface area (Å²) in [5.74, 6) is -0.329. The lowest BCUT2D eigenvalue weighted by Crippen LogP contribution is -2.16. The number of unbranched alkanes of at least 4 members (excludes halogenated alkanes) is 2. The number of rotatable bonds is 7. The summed E-state index contributed by atoms with van der Waals surface area (Å²) in [4.78, 5) is 22.3. The molecule has 0 radical (unpaired) electrons. The van der Waals surface area contributed by atoms with Crippen molar-refractivity contribution in [1.82, 2.24) is 0 Å². The van der Waals surface area contributed by atoms with Crippen LogP contribution in [0.25, 0.3) is 0 Å². The van der Waals surface area contributed by atoms with Crippen LogP contribution in [0.3, 0.4) is 0 Å². The van der Waals surface area contributed by atoms with Crippen LogP contribution in [0.2, 0.25) is 0 Å². The highest BCUT2D eigenvalue weighted by molar-refractivity contribution is 5.84. The summed E-state index contributed by atoms with van der Waals surface area (Å²) in [6, 6.07) is 0. The molecule has 14 heavy (non-hydrogen) atoms. The number of esters is 1. The molecular weight excluding hydrogens is 180 g/mol. The van der Waals surface area contributed by atoms with Crippen LogP contribution >= 0.6 is 0 Å². The predicted octanol–water partition coefficient (Wildman–Crippen LogP) is 2.33. The Kier molecular flexibility index (Phi) is 7.07. The van der Waals surface area contributed by atoms with E-state index in [0.717, 1.165) is 19.3 Å². The standard InChI is InChI=1S/C11H20O3/c1-4-5-6-7-10(12)9(2)8-11(13)14-3/h9H,4-8H2,1-3H3/t9-/m0/s1. The summed E-state index contributed by atoms with van der Waals surface area (Å²) in [6.07, 6.45) is 3.92. The fraction of sp³-hybridized carbons (Fsp3) is 0.818. The SMILES string of the molecule is CCCCCC(=O)[C@@H](C)CC(=O)OC. The van der Waals surface area contributed by atoms with E-state index in [9.17, 15) is 9.59 Å². The number of methoxy groups -OCH3 is 1. The van der Waals surface area contributed by atoms with Crippen molar-refractivity contribution in [1.29, 1.82) is 0 Å². The van der Waals surface area contributed by atoms with Gasteiger partial charge in [-0.15, -0.1) is 0 Å². The fourth-order valence-electron chi connectivity index (χ4n) is 1.24. The average Bonchev–Trinajstić information content (AvgIpc) is 2.17. The topological polar surface area (TPSA) is 43.4 Å². The lowest BCUT2D eigenvalue weighted by Gasteiger charge is -2.08. The fourth-order valence-corrected chi connectivity index (χ4v) is 1.24. The van der Waals surface area contributed by atoms with Crippen LogP contribution in [0.15, 0.2) is 0 Å². The molecule has 0 aromatic rings. The third-order valence-corrected chi connectivity index (χ3v) is 2.28. The Hall–Kier alpha value is -0.860. The van der Waals surface area contributed by atoms with Crippen molar-refractivity contribution in [3.63, 3.8) is 0 Å². The summed E-state index contributed by atoms with van der Waals surface area (Å²) in [7, 11) is 1.34. The molecule has 0 bridgehead atoms. The van der Waals surface area contributed by atoms with Gasteiger partial charge in [-0.3, -0.25) is 9.59 Å². The van der Waals surface area contributed by atoms with E-state index in [1.54, 1.807) is 6.92 Å². The van der Waals surface area contributed by atoms with Gasteiger partial charge in [0.05, 0.1) is 13.5 Å². The van der Waals surface area contributed by atoms with Gasteiger partial charge in [-0.2, -0.15) is 0 Å². The molecule has 0 unspecified atom stereocenters. The lowest BCUT2D eigenvalue weighted by atomic mass is 9.98. The van der Waals surface area contributed by atoms with Gasteiger partial charge >= 0.3 is 5.97 Å². The Labute approximate surface area is 85.8 Å². The van der Waals surface area contributed by atoms with Gasteiger partial charge in [-0.1, -0.05) is 26.7 Å². The predicted molar refractivity (Wildman–Crippen MR) is 54.9 cm³/mol. The van der Waals surface area contributed by atoms with E-state index in [1.807, 2.05) is 0 Å². The van der Waals surface area contributed by atoms with Crippen LogP contribution in [0.1, 0.15) is 46.0 Å². The van der Waals surface area contributed by atoms with Crippen LogP contribution < -0.4 is 0 Å². The molecule has 3 heteroatoms. The Morgan fingerprint density at radius 3 is 2.43 bits per heavy atom. The van der Waals surface area contributed by atoms with E-state index in [-0.39, 0.29) is 24.1 Å². The number of hydrogen-bond donors (Lipinski definition) is 0. The molecule has 0 aliphatic heterocycles. The molecule has 0 rings (SSSR count). The smallest absolute Gasteiger partial charge is 0.306 e. The zero-order valence-corrected chi connectivity index (χ0v) is 9.34. The normalized spacial score (nSPS) is 12.2. The Morgan fingerprint density at radius 2 is 1.93 bits per heavy atom. The van der Waals surface area contributed by atoms with Crippen LogP contribution in [0.5, 0.6) is 0 Å². The van der Waals surface area contributed by atoms with E-state index < -0.39 is 0 Å². The van der Waals surface area contributed by atoms with Crippen molar-refractivity contribution in [2.24, 2.45) is 5.92 Å². The third-order valence-electron chi connectivity index (χ3n) is 2.28. The largest absolute Gasteiger partial charge is 0.469 e. The first-order valence-corrected chi connectivity index (χ1v) is 5.21. The highest BCUT2D eigenvalue weighted by Crippen LogP contribution is 2.10. The second-order valence-electron chi connectivity index (χ2n) is 3.60. The van der Waals surface area contributed by atoms with E-state index in [2.05, 4.69) is 11.7 Å². The van der Waals surface area contributed by atoms with Crippen molar-refractivity contribution in [2.75, 3.05) is 7.11 Å². The maximum absolute atomic E-state index is 11.5. The van der Waals surface area contributed by atoms with Crippen molar-refractivity contribution in [3.8, 4) is 0 Å². The van der Waals surface area contributed by atoms with Crippen LogP contribution in [-0.4, -0.2) is 18.9 Å². The van der Waals surface area contributed by atoms with Gasteiger partial charge in [-0.25, -0.2) is 0 Å². The van der Waals surface area contributed by atoms with Gasteiger partial charge in [0.25, 0.3) is 0 Å². The Bertz CT molecular complexity index is 187. The maximum Gasteiger partial charge on any atom is 0.306 e. The number of carbonyl (C=O) groups is 2. The molecular formula is C11H20O3. The van der Waals surface area contributed by atoms with Crippen LogP contribution in [0, 0.1) is 5.92 Å². The zero-order valence-electron chi connectivity index (χ0n) is 9.34. The van der Waals surface area contributed by atoms with Gasteiger partial charge in [0.2, 0.25) is 0 Å². The van der Waals surface area contributed by atoms with Crippen molar-refractivity contribution < 1.29 is 14.3 Å². The lowest BCUT2D eigenvalue weighted by molar-refractivity contribution is -0.143. The molecule has 0 amide bonds. The van der Waals surface area contributed by atoms with E-state index in [1.165, 1.54) is 7.11 Å². The van der Waals surface area contributed by atoms with Gasteiger partial charge in [0, 0.05) is 12.3 Å². The first kappa shape index (κ1) is 13.1. The number of ketones is 1. The quantitative estimate of drug-likeness (QED) is 0.468. The average molecular weight is 200 g/mol. The molecule has 0 aromatic carbocycles. The highest BCUT2D eigenvalue weighted by atomic mass is 16.5. The third kappa shape index (κ3) is 5.73. The highest BCUT2D eigenvalue weighted by Gasteiger charge is 2.16. The summed E-state index contributed by atoms with van der Waals surface area (Å²) >= 11 is 0. The molecule has 1 atom stereocenters. The molecule has 0 aliphatic carbocycles. The molecule has 0 aliphatic rings. The Balaban J connectivity index is 3.70. The number of hydrogen-bond acceptors (Lipinski definition) is 3. The first-order valence-electron chi connectivity index (χ1n) is 5.21. The van der Waals surface area contributed by atoms with Gasteiger partial charge in [-0.05, 0) is 6.42 Å². The minimum atomic E-state index is -0.304. The van der Waals surface area contributed by atoms with Crippen molar-refractivity contribution in [2.45, 2.75) is 46.0 Å². The molecule has 0 heterocycles. The van der Waals surface area contributed by atoms with Gasteiger partial charge in [0.1, 0.15) is 5.78 Å². The molecule has 0 saturated heterocycles. The number of Topliss-reactive ketones (excluding diaryl/α,β-unsaturated/α-hetero) is 1. The minimum Gasteiger partial charge on any atom is -0.469 e. The van der Waals surface area contributed by atoms with Gasteiger partial charge < -0.3 is 4.74 Å². The summed E-state index contributed by atoms with van der Waals surface area (Å²) < 4.78 is 4.51. The zero-order chi connectivity index (χ0) is 11.0. The van der Waals surface area contributed by atoms with Crippen LogP contribution in [0.4, 0.5) is 0 Å². The number of ether oxygens (including phenoxy) is 1. The van der Waals surface area contributed by atoms with Crippen LogP contribution in [-0.2, 0) is 14.3 Å². The van der Waals surface area contributed by atoms with E-state index in [0.29, 0.717) is 6.42 Å². The molecule has 0 fully saturated rings.